The van der Waals surface area contributed by atoms with Gasteiger partial charge in [0.2, 0.25) is 0 Å². The highest BCUT2D eigenvalue weighted by molar-refractivity contribution is 5.78. The number of aromatic amines is 1. The zero-order valence-electron chi connectivity index (χ0n) is 20.1. The Morgan fingerprint density at radius 1 is 0.794 bits per heavy atom. The summed E-state index contributed by atoms with van der Waals surface area (Å²) < 4.78 is 15.3. The quantitative estimate of drug-likeness (QED) is 0.213. The number of rotatable bonds is 16. The van der Waals surface area contributed by atoms with E-state index in [2.05, 4.69) is 41.4 Å². The molecular formula is C28H36N2O4. The molecule has 0 fully saturated rings. The Morgan fingerprint density at radius 2 is 1.44 bits per heavy atom. The van der Waals surface area contributed by atoms with Crippen molar-refractivity contribution in [3.8, 4) is 22.5 Å². The lowest BCUT2D eigenvalue weighted by molar-refractivity contribution is -0.145. The van der Waals surface area contributed by atoms with Crippen LogP contribution >= 0.6 is 0 Å². The topological polar surface area (TPSA) is 73.4 Å². The first-order chi connectivity index (χ1) is 16.8. The second-order valence-electron chi connectivity index (χ2n) is 8.23. The number of nitrogens with zero attached hydrogens (tertiary/aromatic N) is 1. The van der Waals surface area contributed by atoms with Crippen LogP contribution in [-0.2, 0) is 25.4 Å². The molecule has 0 saturated heterocycles. The summed E-state index contributed by atoms with van der Waals surface area (Å²) in [4.78, 5) is 20.3. The fourth-order valence-corrected chi connectivity index (χ4v) is 3.78. The molecule has 2 aromatic carbocycles. The zero-order chi connectivity index (χ0) is 23.8. The maximum absolute atomic E-state index is 11.8. The van der Waals surface area contributed by atoms with Crippen molar-refractivity contribution in [2.75, 3.05) is 33.5 Å². The molecular weight excluding hydrogens is 428 g/mol. The lowest BCUT2D eigenvalue weighted by Gasteiger charge is -2.06. The molecule has 0 aliphatic heterocycles. The maximum atomic E-state index is 11.8. The first-order valence-electron chi connectivity index (χ1n) is 12.2. The van der Waals surface area contributed by atoms with Crippen LogP contribution in [0.3, 0.4) is 0 Å². The number of carbonyl (C=O) groups is 1. The summed E-state index contributed by atoms with van der Waals surface area (Å²) >= 11 is 0. The van der Waals surface area contributed by atoms with Gasteiger partial charge in [0.05, 0.1) is 31.2 Å². The number of esters is 1. The molecule has 6 nitrogen and oxygen atoms in total. The van der Waals surface area contributed by atoms with Gasteiger partial charge in [-0.15, -0.1) is 0 Å². The number of imidazole rings is 1. The predicted octanol–water partition coefficient (Wildman–Crippen LogP) is 5.83. The molecule has 0 atom stereocenters. The molecule has 1 aromatic heterocycles. The van der Waals surface area contributed by atoms with E-state index in [0.29, 0.717) is 32.8 Å². The molecule has 0 bridgehead atoms. The number of nitrogens with one attached hydrogen (secondary N) is 1. The van der Waals surface area contributed by atoms with Crippen molar-refractivity contribution >= 4 is 5.97 Å². The van der Waals surface area contributed by atoms with Crippen LogP contribution in [0.1, 0.15) is 44.3 Å². The van der Waals surface area contributed by atoms with E-state index in [1.54, 1.807) is 7.11 Å². The Bertz CT molecular complexity index is 900. The van der Waals surface area contributed by atoms with Gasteiger partial charge < -0.3 is 19.2 Å². The van der Waals surface area contributed by atoms with Crippen LogP contribution in [0.5, 0.6) is 0 Å². The monoisotopic (exact) mass is 464 g/mol. The van der Waals surface area contributed by atoms with Gasteiger partial charge in [0.1, 0.15) is 12.4 Å². The minimum Gasteiger partial charge on any atom is -0.463 e. The molecule has 6 heteroatoms. The van der Waals surface area contributed by atoms with Crippen LogP contribution < -0.4 is 0 Å². The Kier molecular flexibility index (Phi) is 11.4. The summed E-state index contributed by atoms with van der Waals surface area (Å²) in [6, 6.07) is 20.7. The average Bonchev–Trinajstić information content (AvgIpc) is 3.31. The standard InChI is InChI=1S/C28H36N2O4/c1-32-19-20-33-21-22-34-26(31)18-12-4-2-3-11-17-25-29-27(23-13-7-5-8-14-23)28(30-25)24-15-9-6-10-16-24/h5-10,13-16H,2-4,11-12,17-22H2,1H3,(H,29,30). The van der Waals surface area contributed by atoms with E-state index in [0.717, 1.165) is 66.9 Å². The zero-order valence-corrected chi connectivity index (χ0v) is 20.1. The van der Waals surface area contributed by atoms with Crippen molar-refractivity contribution in [3.63, 3.8) is 0 Å². The van der Waals surface area contributed by atoms with E-state index < -0.39 is 0 Å². The molecule has 1 N–H and O–H groups in total. The van der Waals surface area contributed by atoms with E-state index in [1.165, 1.54) is 0 Å². The largest absolute Gasteiger partial charge is 0.463 e. The molecule has 34 heavy (non-hydrogen) atoms. The van der Waals surface area contributed by atoms with Crippen LogP contribution in [0.2, 0.25) is 0 Å². The number of hydrogen-bond acceptors (Lipinski definition) is 5. The molecule has 3 aromatic rings. The normalized spacial score (nSPS) is 11.0. The van der Waals surface area contributed by atoms with Crippen LogP contribution in [0, 0.1) is 0 Å². The number of aryl methyl sites for hydroxylation is 1. The molecule has 3 rings (SSSR count). The van der Waals surface area contributed by atoms with Crippen LogP contribution in [-0.4, -0.2) is 49.5 Å². The highest BCUT2D eigenvalue weighted by Crippen LogP contribution is 2.30. The first-order valence-corrected chi connectivity index (χ1v) is 12.2. The van der Waals surface area contributed by atoms with Crippen molar-refractivity contribution in [2.24, 2.45) is 0 Å². The number of H-pyrrole nitrogens is 1. The smallest absolute Gasteiger partial charge is 0.305 e. The van der Waals surface area contributed by atoms with Crippen molar-refractivity contribution in [1.29, 1.82) is 0 Å². The Hall–Kier alpha value is -2.96. The second-order valence-corrected chi connectivity index (χ2v) is 8.23. The van der Waals surface area contributed by atoms with E-state index in [4.69, 9.17) is 19.2 Å². The lowest BCUT2D eigenvalue weighted by Crippen LogP contribution is -2.12. The number of hydrogen-bond donors (Lipinski definition) is 1. The van der Waals surface area contributed by atoms with Gasteiger partial charge in [-0.25, -0.2) is 4.98 Å². The Morgan fingerprint density at radius 3 is 2.18 bits per heavy atom. The summed E-state index contributed by atoms with van der Waals surface area (Å²) in [5.41, 5.74) is 4.35. The summed E-state index contributed by atoms with van der Waals surface area (Å²) in [5, 5.41) is 0. The molecule has 0 amide bonds. The van der Waals surface area contributed by atoms with E-state index in [9.17, 15) is 4.79 Å². The molecule has 182 valence electrons. The van der Waals surface area contributed by atoms with Gasteiger partial charge in [0.25, 0.3) is 0 Å². The molecule has 0 aliphatic rings. The Balaban J connectivity index is 1.36. The third kappa shape index (κ3) is 8.76. The summed E-state index contributed by atoms with van der Waals surface area (Å²) in [7, 11) is 1.63. The average molecular weight is 465 g/mol. The maximum Gasteiger partial charge on any atom is 0.305 e. The van der Waals surface area contributed by atoms with Crippen LogP contribution in [0.25, 0.3) is 22.5 Å². The van der Waals surface area contributed by atoms with E-state index >= 15 is 0 Å². The molecule has 0 aliphatic carbocycles. The van der Waals surface area contributed by atoms with Gasteiger partial charge in [0, 0.05) is 31.1 Å². The number of ether oxygens (including phenoxy) is 3. The van der Waals surface area contributed by atoms with Gasteiger partial charge in [-0.1, -0.05) is 79.9 Å². The van der Waals surface area contributed by atoms with Crippen molar-refractivity contribution in [3.05, 3.63) is 66.5 Å². The second kappa shape index (κ2) is 15.0. The highest BCUT2D eigenvalue weighted by Gasteiger charge is 2.13. The number of aromatic nitrogens is 2. The number of methoxy groups -OCH3 is 1. The van der Waals surface area contributed by atoms with Crippen molar-refractivity contribution in [1.82, 2.24) is 9.97 Å². The van der Waals surface area contributed by atoms with Crippen molar-refractivity contribution in [2.45, 2.75) is 44.9 Å². The number of unbranched alkanes of at least 4 members (excludes halogenated alkanes) is 4. The SMILES string of the molecule is COCCOCCOC(=O)CCCCCCCc1nc(-c2ccccc2)c(-c2ccccc2)[nH]1. The van der Waals surface area contributed by atoms with Crippen molar-refractivity contribution < 1.29 is 19.0 Å². The predicted molar refractivity (Wildman–Crippen MR) is 135 cm³/mol. The Labute approximate surface area is 202 Å². The fraction of sp³-hybridized carbons (Fsp3) is 0.429. The van der Waals surface area contributed by atoms with E-state index in [1.807, 2.05) is 24.3 Å². The van der Waals surface area contributed by atoms with E-state index in [-0.39, 0.29) is 5.97 Å². The van der Waals surface area contributed by atoms with Gasteiger partial charge in [-0.3, -0.25) is 4.79 Å². The highest BCUT2D eigenvalue weighted by atomic mass is 16.6. The molecule has 0 radical (unpaired) electrons. The summed E-state index contributed by atoms with van der Waals surface area (Å²) in [6.07, 6.45) is 6.56. The van der Waals surface area contributed by atoms with Gasteiger partial charge in [0.15, 0.2) is 0 Å². The fourth-order valence-electron chi connectivity index (χ4n) is 3.78. The minimum atomic E-state index is -0.146. The summed E-state index contributed by atoms with van der Waals surface area (Å²) in [5.74, 6) is 0.877. The molecule has 0 saturated carbocycles. The van der Waals surface area contributed by atoms with Gasteiger partial charge in [-0.05, 0) is 12.8 Å². The minimum absolute atomic E-state index is 0.146. The van der Waals surface area contributed by atoms with Gasteiger partial charge >= 0.3 is 5.97 Å². The third-order valence-electron chi connectivity index (χ3n) is 5.58. The summed E-state index contributed by atoms with van der Waals surface area (Å²) in [6.45, 7) is 1.80. The third-order valence-corrected chi connectivity index (χ3v) is 5.58. The first kappa shape index (κ1) is 25.7. The number of carbonyl (C=O) groups excluding carboxylic acids is 1. The molecule has 1 heterocycles. The molecule has 0 unspecified atom stereocenters. The molecule has 0 spiro atoms. The lowest BCUT2D eigenvalue weighted by atomic mass is 10.1. The number of benzene rings is 2. The van der Waals surface area contributed by atoms with Crippen LogP contribution in [0.4, 0.5) is 0 Å². The van der Waals surface area contributed by atoms with Gasteiger partial charge in [-0.2, -0.15) is 0 Å². The van der Waals surface area contributed by atoms with Crippen LogP contribution in [0.15, 0.2) is 60.7 Å².